The molecule has 0 aliphatic heterocycles. The fourth-order valence-corrected chi connectivity index (χ4v) is 2.26. The Morgan fingerprint density at radius 3 is 2.57 bits per heavy atom. The molecule has 0 aliphatic carbocycles. The lowest BCUT2D eigenvalue weighted by molar-refractivity contribution is 0.357. The predicted molar refractivity (Wildman–Crippen MR) is 88.7 cm³/mol. The van der Waals surface area contributed by atoms with Crippen molar-refractivity contribution in [1.29, 1.82) is 0 Å². The third-order valence-corrected chi connectivity index (χ3v) is 3.46. The van der Waals surface area contributed by atoms with E-state index >= 15 is 0 Å². The van der Waals surface area contributed by atoms with Crippen molar-refractivity contribution in [2.75, 3.05) is 13.2 Å². The Labute approximate surface area is 127 Å². The highest BCUT2D eigenvalue weighted by molar-refractivity contribution is 5.33. The van der Waals surface area contributed by atoms with Gasteiger partial charge in [-0.1, -0.05) is 68.1 Å². The monoisotopic (exact) mass is 281 g/mol. The molecule has 0 radical (unpaired) electrons. The second-order valence-corrected chi connectivity index (χ2v) is 5.15. The van der Waals surface area contributed by atoms with E-state index in [0.29, 0.717) is 12.5 Å². The van der Waals surface area contributed by atoms with Gasteiger partial charge in [0.05, 0.1) is 0 Å². The topological polar surface area (TPSA) is 21.3 Å². The molecule has 0 amide bonds. The van der Waals surface area contributed by atoms with E-state index in [-0.39, 0.29) is 0 Å². The minimum atomic E-state index is 0.493. The number of nitrogens with one attached hydrogen (secondary N) is 1. The van der Waals surface area contributed by atoms with Crippen LogP contribution in [-0.2, 0) is 6.54 Å². The van der Waals surface area contributed by atoms with Gasteiger partial charge in [0.2, 0.25) is 0 Å². The van der Waals surface area contributed by atoms with Crippen molar-refractivity contribution in [2.45, 2.75) is 19.4 Å². The Morgan fingerprint density at radius 2 is 1.81 bits per heavy atom. The van der Waals surface area contributed by atoms with Gasteiger partial charge in [-0.25, -0.2) is 0 Å². The zero-order valence-electron chi connectivity index (χ0n) is 12.6. The average Bonchev–Trinajstić information content (AvgIpc) is 2.54. The summed E-state index contributed by atoms with van der Waals surface area (Å²) in [5.41, 5.74) is 2.54. The number of rotatable bonds is 8. The third-order valence-electron chi connectivity index (χ3n) is 3.46. The molecule has 2 rings (SSSR count). The predicted octanol–water partition coefficient (Wildman–Crippen LogP) is 4.14. The van der Waals surface area contributed by atoms with Crippen LogP contribution in [0.3, 0.4) is 0 Å². The molecule has 0 bridgehead atoms. The molecule has 1 N–H and O–H groups in total. The number of hydrogen-bond donors (Lipinski definition) is 1. The van der Waals surface area contributed by atoms with E-state index in [9.17, 15) is 0 Å². The van der Waals surface area contributed by atoms with Gasteiger partial charge in [0, 0.05) is 18.7 Å². The maximum Gasteiger partial charge on any atom is 0.124 e. The maximum atomic E-state index is 5.67. The molecule has 0 spiro atoms. The minimum absolute atomic E-state index is 0.493. The molecule has 0 saturated heterocycles. The van der Waals surface area contributed by atoms with Crippen LogP contribution in [-0.4, -0.2) is 13.2 Å². The van der Waals surface area contributed by atoms with Crippen LogP contribution in [0, 0.1) is 0 Å². The first-order chi connectivity index (χ1) is 10.3. The first kappa shape index (κ1) is 15.3. The summed E-state index contributed by atoms with van der Waals surface area (Å²) in [6.07, 6.45) is 1.77. The zero-order chi connectivity index (χ0) is 14.9. The lowest BCUT2D eigenvalue weighted by Crippen LogP contribution is -2.20. The van der Waals surface area contributed by atoms with Gasteiger partial charge in [0.15, 0.2) is 0 Å². The standard InChI is InChI=1S/C19H23NO/c1-3-13-21-19-12-8-7-11-18(19)15-20-14-16(2)17-9-5-4-6-10-17/h3-12,16,20H,1,13-15H2,2H3. The van der Waals surface area contributed by atoms with Crippen molar-refractivity contribution in [1.82, 2.24) is 5.32 Å². The Hall–Kier alpha value is -2.06. The summed E-state index contributed by atoms with van der Waals surface area (Å²) in [6.45, 7) is 8.22. The van der Waals surface area contributed by atoms with Crippen molar-refractivity contribution in [3.8, 4) is 5.75 Å². The Bertz CT molecular complexity index is 551. The fraction of sp³-hybridized carbons (Fsp3) is 0.263. The zero-order valence-corrected chi connectivity index (χ0v) is 12.6. The largest absolute Gasteiger partial charge is 0.489 e. The molecule has 0 saturated carbocycles. The van der Waals surface area contributed by atoms with Crippen LogP contribution >= 0.6 is 0 Å². The molecule has 0 aliphatic rings. The van der Waals surface area contributed by atoms with Crippen LogP contribution in [0.5, 0.6) is 5.75 Å². The quantitative estimate of drug-likeness (QED) is 0.734. The van der Waals surface area contributed by atoms with Crippen molar-refractivity contribution in [3.63, 3.8) is 0 Å². The molecule has 1 atom stereocenters. The van der Waals surface area contributed by atoms with Gasteiger partial charge < -0.3 is 10.1 Å². The highest BCUT2D eigenvalue weighted by atomic mass is 16.5. The normalized spacial score (nSPS) is 11.9. The Morgan fingerprint density at radius 1 is 1.10 bits per heavy atom. The first-order valence-electron chi connectivity index (χ1n) is 7.38. The summed E-state index contributed by atoms with van der Waals surface area (Å²) in [5, 5.41) is 3.51. The van der Waals surface area contributed by atoms with Crippen LogP contribution in [0.2, 0.25) is 0 Å². The summed E-state index contributed by atoms with van der Waals surface area (Å²) in [4.78, 5) is 0. The van der Waals surface area contributed by atoms with Gasteiger partial charge in [-0.15, -0.1) is 0 Å². The number of hydrogen-bond acceptors (Lipinski definition) is 2. The van der Waals surface area contributed by atoms with E-state index in [1.807, 2.05) is 18.2 Å². The van der Waals surface area contributed by atoms with E-state index in [1.54, 1.807) is 6.08 Å². The first-order valence-corrected chi connectivity index (χ1v) is 7.38. The maximum absolute atomic E-state index is 5.67. The van der Waals surface area contributed by atoms with Crippen LogP contribution in [0.4, 0.5) is 0 Å². The van der Waals surface area contributed by atoms with Crippen molar-refractivity contribution in [2.24, 2.45) is 0 Å². The summed E-state index contributed by atoms with van der Waals surface area (Å²) >= 11 is 0. The van der Waals surface area contributed by atoms with E-state index in [0.717, 1.165) is 18.8 Å². The number of para-hydroxylation sites is 1. The SMILES string of the molecule is C=CCOc1ccccc1CNCC(C)c1ccccc1. The van der Waals surface area contributed by atoms with Crippen LogP contribution in [0.1, 0.15) is 24.0 Å². The van der Waals surface area contributed by atoms with Crippen molar-refractivity contribution >= 4 is 0 Å². The van der Waals surface area contributed by atoms with Gasteiger partial charge >= 0.3 is 0 Å². The smallest absolute Gasteiger partial charge is 0.124 e. The molecule has 0 aromatic heterocycles. The van der Waals surface area contributed by atoms with E-state index in [2.05, 4.69) is 55.2 Å². The van der Waals surface area contributed by atoms with Gasteiger partial charge in [0.1, 0.15) is 12.4 Å². The lowest BCUT2D eigenvalue weighted by atomic mass is 10.0. The molecule has 0 fully saturated rings. The summed E-state index contributed by atoms with van der Waals surface area (Å²) < 4.78 is 5.67. The fourth-order valence-electron chi connectivity index (χ4n) is 2.26. The van der Waals surface area contributed by atoms with E-state index in [4.69, 9.17) is 4.74 Å². The van der Waals surface area contributed by atoms with Gasteiger partial charge in [0.25, 0.3) is 0 Å². The summed E-state index contributed by atoms with van der Waals surface area (Å²) in [5.74, 6) is 1.42. The molecule has 1 unspecified atom stereocenters. The second kappa shape index (κ2) is 8.28. The summed E-state index contributed by atoms with van der Waals surface area (Å²) in [6, 6.07) is 18.7. The molecule has 0 heterocycles. The number of ether oxygens (including phenoxy) is 1. The molecular formula is C19H23NO. The molecule has 2 nitrogen and oxygen atoms in total. The van der Waals surface area contributed by atoms with E-state index < -0.39 is 0 Å². The lowest BCUT2D eigenvalue weighted by Gasteiger charge is -2.15. The highest BCUT2D eigenvalue weighted by Gasteiger charge is 2.06. The molecule has 21 heavy (non-hydrogen) atoms. The van der Waals surface area contributed by atoms with Gasteiger partial charge in [-0.3, -0.25) is 0 Å². The van der Waals surface area contributed by atoms with E-state index in [1.165, 1.54) is 11.1 Å². The molecule has 2 aromatic rings. The number of benzene rings is 2. The van der Waals surface area contributed by atoms with Crippen LogP contribution < -0.4 is 10.1 Å². The van der Waals surface area contributed by atoms with Gasteiger partial charge in [-0.2, -0.15) is 0 Å². The molecule has 2 aromatic carbocycles. The second-order valence-electron chi connectivity index (χ2n) is 5.15. The van der Waals surface area contributed by atoms with Crippen molar-refractivity contribution < 1.29 is 4.74 Å². The molecular weight excluding hydrogens is 258 g/mol. The molecule has 110 valence electrons. The average molecular weight is 281 g/mol. The van der Waals surface area contributed by atoms with Gasteiger partial charge in [-0.05, 0) is 17.5 Å². The Kier molecular flexibility index (Phi) is 6.04. The van der Waals surface area contributed by atoms with Crippen molar-refractivity contribution in [3.05, 3.63) is 78.4 Å². The summed E-state index contributed by atoms with van der Waals surface area (Å²) in [7, 11) is 0. The highest BCUT2D eigenvalue weighted by Crippen LogP contribution is 2.18. The van der Waals surface area contributed by atoms with Crippen LogP contribution in [0.15, 0.2) is 67.3 Å². The third kappa shape index (κ3) is 4.76. The minimum Gasteiger partial charge on any atom is -0.489 e. The van der Waals surface area contributed by atoms with Crippen LogP contribution in [0.25, 0.3) is 0 Å². The molecule has 2 heteroatoms. The Balaban J connectivity index is 1.87.